The van der Waals surface area contributed by atoms with Gasteiger partial charge in [0, 0.05) is 0 Å². The molecule has 3 aromatic rings. The first-order valence-corrected chi connectivity index (χ1v) is 6.98. The van der Waals surface area contributed by atoms with Crippen LogP contribution in [0.15, 0.2) is 35.4 Å². The molecule has 0 N–H and O–H groups in total. The van der Waals surface area contributed by atoms with Gasteiger partial charge in [-0.2, -0.15) is 0 Å². The van der Waals surface area contributed by atoms with Gasteiger partial charge in [-0.25, -0.2) is 0 Å². The van der Waals surface area contributed by atoms with Crippen molar-refractivity contribution >= 4 is 35.1 Å². The van der Waals surface area contributed by atoms with Gasteiger partial charge in [0.1, 0.15) is 0 Å². The molecule has 0 saturated heterocycles. The summed E-state index contributed by atoms with van der Waals surface area (Å²) in [5.74, 6) is 0. The molecule has 0 fully saturated rings. The zero-order valence-corrected chi connectivity index (χ0v) is 10.2. The Morgan fingerprint density at radius 2 is 2.13 bits per heavy atom. The van der Waals surface area contributed by atoms with Gasteiger partial charge in [0.2, 0.25) is 0 Å². The minimum atomic E-state index is 0.433. The summed E-state index contributed by atoms with van der Waals surface area (Å²) in [6, 6.07) is 11.1. The Kier molecular flexibility index (Phi) is 2.12. The number of aryl methyl sites for hydroxylation is 1. The third kappa shape index (κ3) is 1.41. The van der Waals surface area contributed by atoms with Crippen LogP contribution < -0.4 is 0 Å². The summed E-state index contributed by atoms with van der Waals surface area (Å²) in [7, 11) is 0. The molecule has 2 aromatic carbocycles. The van der Waals surface area contributed by atoms with Crippen LogP contribution in [0.2, 0.25) is 0 Å². The molecular weight excluding hydrogens is 249 g/mol. The second-order valence-electron chi connectivity index (χ2n) is 3.68. The fraction of sp³-hybridized carbons (Fsp3) is 0.154. The Bertz CT molecular complexity index is 625. The molecule has 0 bridgehead atoms. The quantitative estimate of drug-likeness (QED) is 0.613. The van der Waals surface area contributed by atoms with E-state index in [-0.39, 0.29) is 0 Å². The van der Waals surface area contributed by atoms with E-state index in [4.69, 9.17) is 0 Å². The van der Waals surface area contributed by atoms with E-state index in [2.05, 4.69) is 47.3 Å². The normalized spacial score (nSPS) is 11.3. The molecule has 15 heavy (non-hydrogen) atoms. The van der Waals surface area contributed by atoms with Crippen molar-refractivity contribution in [3.8, 4) is 0 Å². The number of aromatic nitrogens is 1. The van der Waals surface area contributed by atoms with Gasteiger partial charge in [-0.1, -0.05) is 0 Å². The number of rotatable bonds is 1. The topological polar surface area (TPSA) is 12.9 Å². The monoisotopic (exact) mass is 261 g/mol. The van der Waals surface area contributed by atoms with Gasteiger partial charge in [0.05, 0.1) is 0 Å². The summed E-state index contributed by atoms with van der Waals surface area (Å²) in [4.78, 5) is 4.39. The summed E-state index contributed by atoms with van der Waals surface area (Å²) >= 11 is 0.433. The van der Waals surface area contributed by atoms with Gasteiger partial charge in [-0.15, -0.1) is 0 Å². The second kappa shape index (κ2) is 3.48. The molecule has 74 valence electrons. The summed E-state index contributed by atoms with van der Waals surface area (Å²) < 4.78 is 1.45. The number of fused-ring (bicyclic) bond motifs is 3. The van der Waals surface area contributed by atoms with Crippen molar-refractivity contribution in [1.29, 1.82) is 0 Å². The standard InChI is InChI=1S/C13H11NSe/c1-2-9-3-5-11-10(7-9)4-6-12-13(11)15-8-14-12/h3-8H,2H2,1H3. The number of hydrogen-bond acceptors (Lipinski definition) is 1. The van der Waals surface area contributed by atoms with E-state index in [1.807, 2.05) is 0 Å². The van der Waals surface area contributed by atoms with Crippen molar-refractivity contribution in [3.05, 3.63) is 41.0 Å². The molecule has 1 aromatic heterocycles. The van der Waals surface area contributed by atoms with E-state index in [1.165, 1.54) is 26.1 Å². The van der Waals surface area contributed by atoms with Crippen molar-refractivity contribution in [3.63, 3.8) is 0 Å². The van der Waals surface area contributed by atoms with E-state index in [9.17, 15) is 0 Å². The van der Waals surface area contributed by atoms with Crippen LogP contribution >= 0.6 is 0 Å². The zero-order valence-electron chi connectivity index (χ0n) is 8.53. The van der Waals surface area contributed by atoms with Crippen molar-refractivity contribution in [1.82, 2.24) is 4.98 Å². The van der Waals surface area contributed by atoms with Gasteiger partial charge in [-0.05, 0) is 0 Å². The van der Waals surface area contributed by atoms with Gasteiger partial charge in [-0.3, -0.25) is 0 Å². The first-order chi connectivity index (χ1) is 7.38. The van der Waals surface area contributed by atoms with Crippen LogP contribution in [0.1, 0.15) is 12.5 Å². The first-order valence-electron chi connectivity index (χ1n) is 5.13. The average Bonchev–Trinajstić information content (AvgIpc) is 2.76. The Morgan fingerprint density at radius 1 is 1.20 bits per heavy atom. The van der Waals surface area contributed by atoms with Crippen molar-refractivity contribution in [2.45, 2.75) is 13.3 Å². The molecule has 2 heteroatoms. The van der Waals surface area contributed by atoms with Crippen LogP contribution in [0.25, 0.3) is 20.5 Å². The summed E-state index contributed by atoms with van der Waals surface area (Å²) in [6.45, 7) is 2.20. The van der Waals surface area contributed by atoms with Crippen LogP contribution in [0, 0.1) is 0 Å². The average molecular weight is 260 g/mol. The SMILES string of the molecule is CCc1ccc2c(ccc3nc[se]c32)c1. The van der Waals surface area contributed by atoms with Crippen LogP contribution in [-0.2, 0) is 6.42 Å². The molecule has 1 heterocycles. The minimum absolute atomic E-state index is 0.433. The van der Waals surface area contributed by atoms with Gasteiger partial charge < -0.3 is 0 Å². The molecule has 0 saturated carbocycles. The fourth-order valence-electron chi connectivity index (χ4n) is 1.92. The Labute approximate surface area is 94.5 Å². The van der Waals surface area contributed by atoms with E-state index in [1.54, 1.807) is 0 Å². The number of benzene rings is 2. The third-order valence-corrected chi connectivity index (χ3v) is 4.62. The number of nitrogens with zero attached hydrogens (tertiary/aromatic N) is 1. The summed E-state index contributed by atoms with van der Waals surface area (Å²) in [5, 5.41) is 4.81. The van der Waals surface area contributed by atoms with Crippen LogP contribution in [0.5, 0.6) is 0 Å². The van der Waals surface area contributed by atoms with Crippen molar-refractivity contribution in [2.75, 3.05) is 0 Å². The Hall–Kier alpha value is -1.11. The third-order valence-electron chi connectivity index (χ3n) is 2.78. The maximum absolute atomic E-state index is 4.39. The first kappa shape index (κ1) is 9.14. The molecule has 0 unspecified atom stereocenters. The predicted octanol–water partition coefficient (Wildman–Crippen LogP) is 3.01. The fourth-order valence-corrected chi connectivity index (χ4v) is 3.65. The van der Waals surface area contributed by atoms with Gasteiger partial charge in [0.25, 0.3) is 0 Å². The van der Waals surface area contributed by atoms with E-state index in [0.29, 0.717) is 14.5 Å². The molecule has 3 rings (SSSR count). The van der Waals surface area contributed by atoms with Crippen molar-refractivity contribution < 1.29 is 0 Å². The van der Waals surface area contributed by atoms with Crippen LogP contribution in [0.4, 0.5) is 0 Å². The van der Waals surface area contributed by atoms with E-state index < -0.39 is 0 Å². The second-order valence-corrected chi connectivity index (χ2v) is 5.47. The van der Waals surface area contributed by atoms with Gasteiger partial charge in [0.15, 0.2) is 0 Å². The molecule has 1 nitrogen and oxygen atoms in total. The molecule has 0 amide bonds. The molecule has 0 spiro atoms. The molecule has 0 radical (unpaired) electrons. The summed E-state index contributed by atoms with van der Waals surface area (Å²) in [5.41, 5.74) is 2.58. The Morgan fingerprint density at radius 3 is 3.00 bits per heavy atom. The molecule has 0 aliphatic heterocycles. The Balaban J connectivity index is 2.44. The van der Waals surface area contributed by atoms with Crippen LogP contribution in [0.3, 0.4) is 0 Å². The van der Waals surface area contributed by atoms with E-state index >= 15 is 0 Å². The van der Waals surface area contributed by atoms with Gasteiger partial charge >= 0.3 is 94.3 Å². The zero-order chi connectivity index (χ0) is 10.3. The molecule has 0 aliphatic rings. The van der Waals surface area contributed by atoms with E-state index in [0.717, 1.165) is 6.42 Å². The molecular formula is C13H11NSe. The molecule has 0 atom stereocenters. The predicted molar refractivity (Wildman–Crippen MR) is 65.6 cm³/mol. The maximum atomic E-state index is 4.39. The van der Waals surface area contributed by atoms with Crippen LogP contribution in [-0.4, -0.2) is 19.5 Å². The molecule has 0 aliphatic carbocycles. The van der Waals surface area contributed by atoms with Crippen molar-refractivity contribution in [2.24, 2.45) is 0 Å². The summed E-state index contributed by atoms with van der Waals surface area (Å²) in [6.07, 6.45) is 1.11. The number of hydrogen-bond donors (Lipinski definition) is 0.